The second kappa shape index (κ2) is 8.63. The van der Waals surface area contributed by atoms with E-state index in [4.69, 9.17) is 21.1 Å². The molecule has 0 spiro atoms. The van der Waals surface area contributed by atoms with Crippen molar-refractivity contribution in [2.45, 2.75) is 39.8 Å². The lowest BCUT2D eigenvalue weighted by atomic mass is 10.1. The maximum absolute atomic E-state index is 15.1. The van der Waals surface area contributed by atoms with Crippen molar-refractivity contribution >= 4 is 29.1 Å². The SMILES string of the molecule is COC(=O)c1nc(-c2ccc(Cl)c(OC)c2F)nc2c1N(C(C)C)CCN2C(C)C. The molecule has 0 saturated carbocycles. The van der Waals surface area contributed by atoms with Gasteiger partial charge in [-0.1, -0.05) is 11.6 Å². The van der Waals surface area contributed by atoms with Crippen molar-refractivity contribution in [3.63, 3.8) is 0 Å². The van der Waals surface area contributed by atoms with Gasteiger partial charge < -0.3 is 19.3 Å². The van der Waals surface area contributed by atoms with Crippen LogP contribution in [-0.2, 0) is 4.74 Å². The van der Waals surface area contributed by atoms with Gasteiger partial charge in [-0.15, -0.1) is 0 Å². The number of aromatic nitrogens is 2. The van der Waals surface area contributed by atoms with Crippen LogP contribution in [0.15, 0.2) is 12.1 Å². The Bertz CT molecular complexity index is 968. The Hall–Kier alpha value is -2.61. The van der Waals surface area contributed by atoms with Crippen molar-refractivity contribution in [3.05, 3.63) is 28.7 Å². The molecule has 0 saturated heterocycles. The van der Waals surface area contributed by atoms with Gasteiger partial charge in [0.25, 0.3) is 0 Å². The molecule has 1 aromatic heterocycles. The largest absolute Gasteiger partial charge is 0.492 e. The molecule has 2 heterocycles. The predicted octanol–water partition coefficient (Wildman–Crippen LogP) is 4.17. The zero-order valence-electron chi connectivity index (χ0n) is 18.0. The molecule has 1 aliphatic heterocycles. The lowest BCUT2D eigenvalue weighted by molar-refractivity contribution is 0.0594. The Kier molecular flexibility index (Phi) is 6.36. The van der Waals surface area contributed by atoms with E-state index >= 15 is 4.39 Å². The van der Waals surface area contributed by atoms with Crippen LogP contribution in [0.4, 0.5) is 15.9 Å². The number of carbonyl (C=O) groups is 1. The molecule has 9 heteroatoms. The summed E-state index contributed by atoms with van der Waals surface area (Å²) in [4.78, 5) is 25.9. The van der Waals surface area contributed by atoms with E-state index in [1.165, 1.54) is 26.4 Å². The molecule has 3 rings (SSSR count). The van der Waals surface area contributed by atoms with Gasteiger partial charge in [-0.2, -0.15) is 0 Å². The molecule has 0 N–H and O–H groups in total. The van der Waals surface area contributed by atoms with E-state index < -0.39 is 11.8 Å². The molecule has 0 radical (unpaired) electrons. The second-order valence-electron chi connectivity index (χ2n) is 7.58. The van der Waals surface area contributed by atoms with E-state index in [2.05, 4.69) is 19.8 Å². The zero-order valence-corrected chi connectivity index (χ0v) is 18.7. The van der Waals surface area contributed by atoms with Crippen LogP contribution in [-0.4, -0.2) is 55.3 Å². The molecule has 0 bridgehead atoms. The minimum atomic E-state index is -0.687. The van der Waals surface area contributed by atoms with Crippen LogP contribution in [0.3, 0.4) is 0 Å². The average molecular weight is 437 g/mol. The van der Waals surface area contributed by atoms with E-state index in [-0.39, 0.29) is 39.9 Å². The third kappa shape index (κ3) is 3.76. The van der Waals surface area contributed by atoms with Crippen LogP contribution in [0.25, 0.3) is 11.4 Å². The highest BCUT2D eigenvalue weighted by Crippen LogP contribution is 2.40. The van der Waals surface area contributed by atoms with Crippen molar-refractivity contribution in [2.75, 3.05) is 37.1 Å². The first-order valence-corrected chi connectivity index (χ1v) is 10.1. The molecular weight excluding hydrogens is 411 g/mol. The normalized spacial score (nSPS) is 13.7. The molecule has 30 heavy (non-hydrogen) atoms. The number of methoxy groups -OCH3 is 2. The number of hydrogen-bond acceptors (Lipinski definition) is 7. The van der Waals surface area contributed by atoms with Crippen LogP contribution < -0.4 is 14.5 Å². The van der Waals surface area contributed by atoms with Crippen LogP contribution in [0, 0.1) is 5.82 Å². The predicted molar refractivity (Wildman–Crippen MR) is 115 cm³/mol. The third-order valence-electron chi connectivity index (χ3n) is 5.13. The number of ether oxygens (including phenoxy) is 2. The number of carbonyl (C=O) groups excluding carboxylic acids is 1. The number of benzene rings is 1. The first-order valence-electron chi connectivity index (χ1n) is 9.77. The van der Waals surface area contributed by atoms with Crippen molar-refractivity contribution in [1.82, 2.24) is 9.97 Å². The summed E-state index contributed by atoms with van der Waals surface area (Å²) in [5.74, 6) is -0.748. The summed E-state index contributed by atoms with van der Waals surface area (Å²) >= 11 is 6.03. The fraction of sp³-hybridized carbons (Fsp3) is 0.476. The van der Waals surface area contributed by atoms with E-state index in [0.717, 1.165) is 0 Å². The first kappa shape index (κ1) is 22.1. The van der Waals surface area contributed by atoms with Crippen LogP contribution in [0.5, 0.6) is 5.75 Å². The Morgan fingerprint density at radius 1 is 1.10 bits per heavy atom. The van der Waals surface area contributed by atoms with E-state index in [1.807, 2.05) is 27.7 Å². The minimum Gasteiger partial charge on any atom is -0.492 e. The molecule has 0 atom stereocenters. The van der Waals surface area contributed by atoms with E-state index in [1.54, 1.807) is 0 Å². The maximum Gasteiger partial charge on any atom is 0.359 e. The topological polar surface area (TPSA) is 67.8 Å². The Labute approximate surface area is 180 Å². The molecular formula is C21H26ClFN4O3. The number of hydrogen-bond donors (Lipinski definition) is 0. The van der Waals surface area contributed by atoms with Crippen molar-refractivity contribution in [1.29, 1.82) is 0 Å². The number of anilines is 2. The standard InChI is InChI=1S/C21H26ClFN4O3/c1-11(2)26-9-10-27(12(3)4)20-17(26)16(21(28)30-6)24-19(25-20)13-7-8-14(22)18(29-5)15(13)23/h7-8,11-12H,9-10H2,1-6H3. The van der Waals surface area contributed by atoms with E-state index in [9.17, 15) is 4.79 Å². The molecule has 0 unspecified atom stereocenters. The molecule has 7 nitrogen and oxygen atoms in total. The fourth-order valence-electron chi connectivity index (χ4n) is 3.61. The first-order chi connectivity index (χ1) is 14.2. The van der Waals surface area contributed by atoms with Gasteiger partial charge in [0.1, 0.15) is 5.69 Å². The Balaban J connectivity index is 2.33. The number of nitrogens with zero attached hydrogens (tertiary/aromatic N) is 4. The van der Waals surface area contributed by atoms with Crippen LogP contribution in [0.1, 0.15) is 38.2 Å². The van der Waals surface area contributed by atoms with Crippen molar-refractivity contribution in [3.8, 4) is 17.1 Å². The lowest BCUT2D eigenvalue weighted by Crippen LogP contribution is -2.48. The highest BCUT2D eigenvalue weighted by Gasteiger charge is 2.34. The summed E-state index contributed by atoms with van der Waals surface area (Å²) in [5, 5.41) is 0.139. The van der Waals surface area contributed by atoms with E-state index in [0.29, 0.717) is 24.6 Å². The summed E-state index contributed by atoms with van der Waals surface area (Å²) in [6, 6.07) is 3.23. The molecule has 0 fully saturated rings. The minimum absolute atomic E-state index is 0.0675. The smallest absolute Gasteiger partial charge is 0.359 e. The van der Waals surface area contributed by atoms with Crippen molar-refractivity contribution < 1.29 is 18.7 Å². The third-order valence-corrected chi connectivity index (χ3v) is 5.42. The highest BCUT2D eigenvalue weighted by atomic mass is 35.5. The number of fused-ring (bicyclic) bond motifs is 1. The Morgan fingerprint density at radius 3 is 2.30 bits per heavy atom. The summed E-state index contributed by atoms with van der Waals surface area (Å²) in [6.45, 7) is 9.58. The van der Waals surface area contributed by atoms with Gasteiger partial charge in [0, 0.05) is 25.2 Å². The highest BCUT2D eigenvalue weighted by molar-refractivity contribution is 6.32. The van der Waals surface area contributed by atoms with Gasteiger partial charge >= 0.3 is 5.97 Å². The lowest BCUT2D eigenvalue weighted by Gasteiger charge is -2.42. The number of esters is 1. The fourth-order valence-corrected chi connectivity index (χ4v) is 3.83. The van der Waals surface area contributed by atoms with Gasteiger partial charge in [0.2, 0.25) is 0 Å². The van der Waals surface area contributed by atoms with Gasteiger partial charge in [-0.3, -0.25) is 0 Å². The van der Waals surface area contributed by atoms with Crippen LogP contribution >= 0.6 is 11.6 Å². The number of rotatable bonds is 5. The Morgan fingerprint density at radius 2 is 1.73 bits per heavy atom. The molecule has 162 valence electrons. The molecule has 2 aromatic rings. The van der Waals surface area contributed by atoms with Gasteiger partial charge in [0.05, 0.1) is 24.8 Å². The van der Waals surface area contributed by atoms with Gasteiger partial charge in [-0.25, -0.2) is 19.2 Å². The molecule has 0 aliphatic carbocycles. The van der Waals surface area contributed by atoms with Gasteiger partial charge in [0.15, 0.2) is 28.9 Å². The van der Waals surface area contributed by atoms with Crippen LogP contribution in [0.2, 0.25) is 5.02 Å². The average Bonchev–Trinajstić information content (AvgIpc) is 2.71. The zero-order chi connectivity index (χ0) is 22.2. The molecule has 1 aliphatic rings. The second-order valence-corrected chi connectivity index (χ2v) is 7.98. The molecule has 1 aromatic carbocycles. The summed E-state index contributed by atoms with van der Waals surface area (Å²) in [6.07, 6.45) is 0. The monoisotopic (exact) mass is 436 g/mol. The van der Waals surface area contributed by atoms with Crippen molar-refractivity contribution in [2.24, 2.45) is 0 Å². The summed E-state index contributed by atoms with van der Waals surface area (Å²) in [7, 11) is 2.63. The summed E-state index contributed by atoms with van der Waals surface area (Å²) < 4.78 is 25.2. The molecule has 0 amide bonds. The number of halogens is 2. The maximum atomic E-state index is 15.1. The van der Waals surface area contributed by atoms with Gasteiger partial charge in [-0.05, 0) is 39.8 Å². The summed E-state index contributed by atoms with van der Waals surface area (Å²) in [5.41, 5.74) is 0.793. The quantitative estimate of drug-likeness (QED) is 0.651.